The molecular weight excluding hydrogens is 287 g/mol. The molecule has 0 aliphatic rings. The summed E-state index contributed by atoms with van der Waals surface area (Å²) >= 11 is 11.6. The smallest absolute Gasteiger partial charge is 0.258 e. The molecular formula is C13H8Cl2N2O2. The second-order valence-corrected chi connectivity index (χ2v) is 4.55. The number of hydrogen-bond donors (Lipinski definition) is 0. The third-order valence-corrected chi connectivity index (χ3v) is 2.89. The summed E-state index contributed by atoms with van der Waals surface area (Å²) in [4.78, 5) is 14.4. The van der Waals surface area contributed by atoms with Crippen LogP contribution in [0.4, 0.5) is 11.4 Å². The maximum atomic E-state index is 10.7. The van der Waals surface area contributed by atoms with Crippen LogP contribution in [-0.2, 0) is 0 Å². The lowest BCUT2D eigenvalue weighted by atomic mass is 10.2. The average Bonchev–Trinajstić information content (AvgIpc) is 2.37. The van der Waals surface area contributed by atoms with Gasteiger partial charge in [-0.25, -0.2) is 0 Å². The Morgan fingerprint density at radius 2 is 1.95 bits per heavy atom. The van der Waals surface area contributed by atoms with Crippen molar-refractivity contribution in [3.8, 4) is 0 Å². The van der Waals surface area contributed by atoms with Crippen LogP contribution in [0.25, 0.3) is 0 Å². The lowest BCUT2D eigenvalue weighted by Crippen LogP contribution is -1.88. The molecule has 0 saturated carbocycles. The van der Waals surface area contributed by atoms with Gasteiger partial charge in [0, 0.05) is 17.3 Å². The highest BCUT2D eigenvalue weighted by Gasteiger charge is 2.11. The Labute approximate surface area is 119 Å². The second kappa shape index (κ2) is 5.82. The van der Waals surface area contributed by atoms with Crippen LogP contribution in [0.15, 0.2) is 47.5 Å². The quantitative estimate of drug-likeness (QED) is 0.470. The number of hydrogen-bond acceptors (Lipinski definition) is 3. The lowest BCUT2D eigenvalue weighted by Gasteiger charge is -1.97. The highest BCUT2D eigenvalue weighted by Crippen LogP contribution is 2.28. The average molecular weight is 295 g/mol. The predicted octanol–water partition coefficient (Wildman–Crippen LogP) is 4.65. The molecule has 0 saturated heterocycles. The lowest BCUT2D eigenvalue weighted by molar-refractivity contribution is -0.384. The van der Waals surface area contributed by atoms with Crippen LogP contribution in [0.5, 0.6) is 0 Å². The van der Waals surface area contributed by atoms with Gasteiger partial charge in [0.15, 0.2) is 0 Å². The highest BCUT2D eigenvalue weighted by molar-refractivity contribution is 6.32. The number of benzene rings is 2. The molecule has 0 amide bonds. The van der Waals surface area contributed by atoms with Crippen LogP contribution >= 0.6 is 23.2 Å². The van der Waals surface area contributed by atoms with Crippen LogP contribution in [0.2, 0.25) is 10.0 Å². The van der Waals surface area contributed by atoms with Gasteiger partial charge in [-0.1, -0.05) is 35.3 Å². The van der Waals surface area contributed by atoms with Crippen molar-refractivity contribution in [1.29, 1.82) is 0 Å². The van der Waals surface area contributed by atoms with Crippen molar-refractivity contribution in [2.45, 2.75) is 0 Å². The number of nitrogens with zero attached hydrogens (tertiary/aromatic N) is 2. The van der Waals surface area contributed by atoms with E-state index in [9.17, 15) is 10.1 Å². The molecule has 0 unspecified atom stereocenters. The fourth-order valence-electron chi connectivity index (χ4n) is 1.46. The van der Waals surface area contributed by atoms with Crippen molar-refractivity contribution >= 4 is 40.8 Å². The number of rotatable bonds is 3. The van der Waals surface area contributed by atoms with E-state index in [1.165, 1.54) is 12.1 Å². The van der Waals surface area contributed by atoms with E-state index < -0.39 is 4.92 Å². The summed E-state index contributed by atoms with van der Waals surface area (Å²) < 4.78 is 0. The summed E-state index contributed by atoms with van der Waals surface area (Å²) in [5.74, 6) is 0. The molecule has 0 fully saturated rings. The zero-order valence-corrected chi connectivity index (χ0v) is 11.1. The fraction of sp³-hybridized carbons (Fsp3) is 0. The predicted molar refractivity (Wildman–Crippen MR) is 76.8 cm³/mol. The van der Waals surface area contributed by atoms with E-state index in [2.05, 4.69) is 4.99 Å². The van der Waals surface area contributed by atoms with Gasteiger partial charge in [0.25, 0.3) is 5.69 Å². The summed E-state index contributed by atoms with van der Waals surface area (Å²) in [6.45, 7) is 0. The molecule has 96 valence electrons. The molecule has 0 bridgehead atoms. The standard InChI is InChI=1S/C13H8Cl2N2O2/c14-10-3-1-2-9(6-10)8-16-11-4-5-12(15)13(7-11)17(18)19/h1-8H. The molecule has 0 radical (unpaired) electrons. The first-order valence-electron chi connectivity index (χ1n) is 5.30. The minimum Gasteiger partial charge on any atom is -0.258 e. The van der Waals surface area contributed by atoms with Gasteiger partial charge >= 0.3 is 0 Å². The molecule has 6 heteroatoms. The molecule has 2 aromatic carbocycles. The fourth-order valence-corrected chi connectivity index (χ4v) is 1.84. The van der Waals surface area contributed by atoms with Gasteiger partial charge in [0.1, 0.15) is 5.02 Å². The second-order valence-electron chi connectivity index (χ2n) is 3.71. The van der Waals surface area contributed by atoms with E-state index in [0.717, 1.165) is 5.56 Å². The Bertz CT molecular complexity index is 657. The first-order valence-corrected chi connectivity index (χ1v) is 6.05. The molecule has 0 aliphatic heterocycles. The summed E-state index contributed by atoms with van der Waals surface area (Å²) in [6, 6.07) is 11.5. The van der Waals surface area contributed by atoms with E-state index in [1.807, 2.05) is 6.07 Å². The number of halogens is 2. The molecule has 19 heavy (non-hydrogen) atoms. The summed E-state index contributed by atoms with van der Waals surface area (Å²) in [6.07, 6.45) is 1.58. The van der Waals surface area contributed by atoms with Crippen LogP contribution in [0, 0.1) is 10.1 Å². The molecule has 0 aromatic heterocycles. The molecule has 4 nitrogen and oxygen atoms in total. The van der Waals surface area contributed by atoms with Gasteiger partial charge in [0.05, 0.1) is 10.6 Å². The van der Waals surface area contributed by atoms with Crippen LogP contribution < -0.4 is 0 Å². The first-order chi connectivity index (χ1) is 9.06. The van der Waals surface area contributed by atoms with E-state index in [1.54, 1.807) is 30.5 Å². The van der Waals surface area contributed by atoms with Gasteiger partial charge < -0.3 is 0 Å². The highest BCUT2D eigenvalue weighted by atomic mass is 35.5. The van der Waals surface area contributed by atoms with Crippen LogP contribution in [-0.4, -0.2) is 11.1 Å². The molecule has 0 spiro atoms. The van der Waals surface area contributed by atoms with E-state index in [0.29, 0.717) is 10.7 Å². The topological polar surface area (TPSA) is 55.5 Å². The molecule has 0 heterocycles. The zero-order chi connectivity index (χ0) is 13.8. The van der Waals surface area contributed by atoms with Gasteiger partial charge in [-0.3, -0.25) is 15.1 Å². The molecule has 2 aromatic rings. The molecule has 0 atom stereocenters. The molecule has 0 N–H and O–H groups in total. The van der Waals surface area contributed by atoms with Crippen molar-refractivity contribution in [2.24, 2.45) is 4.99 Å². The van der Waals surface area contributed by atoms with Gasteiger partial charge in [-0.15, -0.1) is 0 Å². The Balaban J connectivity index is 2.29. The normalized spacial score (nSPS) is 10.8. The van der Waals surface area contributed by atoms with Crippen molar-refractivity contribution < 1.29 is 4.92 Å². The molecule has 2 rings (SSSR count). The maximum absolute atomic E-state index is 10.7. The van der Waals surface area contributed by atoms with Gasteiger partial charge in [-0.2, -0.15) is 0 Å². The number of aliphatic imine (C=N–C) groups is 1. The van der Waals surface area contributed by atoms with Crippen molar-refractivity contribution in [3.63, 3.8) is 0 Å². The Morgan fingerprint density at radius 1 is 1.16 bits per heavy atom. The number of nitro benzene ring substituents is 1. The van der Waals surface area contributed by atoms with E-state index in [-0.39, 0.29) is 10.7 Å². The monoisotopic (exact) mass is 294 g/mol. The number of nitro groups is 1. The van der Waals surface area contributed by atoms with E-state index in [4.69, 9.17) is 23.2 Å². The van der Waals surface area contributed by atoms with Crippen LogP contribution in [0.1, 0.15) is 5.56 Å². The Hall–Kier alpha value is -1.91. The first kappa shape index (κ1) is 13.5. The van der Waals surface area contributed by atoms with Crippen LogP contribution in [0.3, 0.4) is 0 Å². The maximum Gasteiger partial charge on any atom is 0.290 e. The third kappa shape index (κ3) is 3.53. The SMILES string of the molecule is O=[N+]([O-])c1cc(N=Cc2cccc(Cl)c2)ccc1Cl. The summed E-state index contributed by atoms with van der Waals surface area (Å²) in [7, 11) is 0. The summed E-state index contributed by atoms with van der Waals surface area (Å²) in [5.41, 5.74) is 1.10. The van der Waals surface area contributed by atoms with E-state index >= 15 is 0 Å². The zero-order valence-electron chi connectivity index (χ0n) is 9.59. The van der Waals surface area contributed by atoms with Crippen molar-refractivity contribution in [1.82, 2.24) is 0 Å². The largest absolute Gasteiger partial charge is 0.290 e. The van der Waals surface area contributed by atoms with Gasteiger partial charge in [-0.05, 0) is 29.8 Å². The van der Waals surface area contributed by atoms with Gasteiger partial charge in [0.2, 0.25) is 0 Å². The Morgan fingerprint density at radius 3 is 2.63 bits per heavy atom. The summed E-state index contributed by atoms with van der Waals surface area (Å²) in [5, 5.41) is 11.4. The molecule has 0 aliphatic carbocycles. The van der Waals surface area contributed by atoms with Crippen molar-refractivity contribution in [2.75, 3.05) is 0 Å². The van der Waals surface area contributed by atoms with Crippen molar-refractivity contribution in [3.05, 3.63) is 68.2 Å². The minimum absolute atomic E-state index is 0.0895. The minimum atomic E-state index is -0.541. The Kier molecular flexibility index (Phi) is 4.14. The third-order valence-electron chi connectivity index (χ3n) is 2.34.